The number of rotatable bonds is 3. The molecule has 1 nitrogen and oxygen atoms in total. The van der Waals surface area contributed by atoms with Crippen LogP contribution < -0.4 is 5.32 Å². The molecule has 72 valence electrons. The van der Waals surface area contributed by atoms with Gasteiger partial charge < -0.3 is 5.32 Å². The molecule has 1 fully saturated rings. The van der Waals surface area contributed by atoms with Gasteiger partial charge in [-0.15, -0.1) is 0 Å². The summed E-state index contributed by atoms with van der Waals surface area (Å²) in [6.45, 7) is 6.93. The summed E-state index contributed by atoms with van der Waals surface area (Å²) in [5, 5.41) is 3.67. The van der Waals surface area contributed by atoms with Crippen LogP contribution in [0.1, 0.15) is 52.9 Å². The summed E-state index contributed by atoms with van der Waals surface area (Å²) in [6, 6.07) is 1.58. The predicted molar refractivity (Wildman–Crippen MR) is 54.3 cm³/mol. The fourth-order valence-electron chi connectivity index (χ4n) is 2.00. The van der Waals surface area contributed by atoms with Gasteiger partial charge in [-0.2, -0.15) is 0 Å². The molecule has 0 aromatic heterocycles. The molecule has 0 saturated carbocycles. The second kappa shape index (κ2) is 4.86. The first-order chi connectivity index (χ1) is 5.68. The van der Waals surface area contributed by atoms with Crippen LogP contribution in [0.4, 0.5) is 0 Å². The topological polar surface area (TPSA) is 12.0 Å². The molecule has 0 aromatic carbocycles. The normalized spacial score (nSPS) is 31.0. The zero-order valence-electron chi connectivity index (χ0n) is 8.77. The Morgan fingerprint density at radius 2 is 2.08 bits per heavy atom. The Balaban J connectivity index is 2.14. The SMILES string of the molecule is CC(C)CC[C@H]1CCC[C@H](C)N1. The maximum atomic E-state index is 3.67. The van der Waals surface area contributed by atoms with Crippen molar-refractivity contribution in [3.63, 3.8) is 0 Å². The van der Waals surface area contributed by atoms with Crippen LogP contribution in [0.2, 0.25) is 0 Å². The van der Waals surface area contributed by atoms with Crippen LogP contribution in [-0.2, 0) is 0 Å². The van der Waals surface area contributed by atoms with Gasteiger partial charge in [-0.3, -0.25) is 0 Å². The van der Waals surface area contributed by atoms with Crippen molar-refractivity contribution in [2.24, 2.45) is 5.92 Å². The van der Waals surface area contributed by atoms with E-state index in [2.05, 4.69) is 26.1 Å². The highest BCUT2D eigenvalue weighted by Gasteiger charge is 2.17. The molecule has 0 amide bonds. The maximum Gasteiger partial charge on any atom is 0.00696 e. The molecule has 0 spiro atoms. The quantitative estimate of drug-likeness (QED) is 0.685. The molecular weight excluding hydrogens is 146 g/mol. The van der Waals surface area contributed by atoms with Gasteiger partial charge in [-0.25, -0.2) is 0 Å². The lowest BCUT2D eigenvalue weighted by atomic mass is 9.94. The zero-order valence-corrected chi connectivity index (χ0v) is 8.77. The minimum atomic E-state index is 0.760. The molecule has 1 aliphatic rings. The van der Waals surface area contributed by atoms with E-state index in [4.69, 9.17) is 0 Å². The fraction of sp³-hybridized carbons (Fsp3) is 1.00. The van der Waals surface area contributed by atoms with Gasteiger partial charge in [0.05, 0.1) is 0 Å². The van der Waals surface area contributed by atoms with Crippen LogP contribution in [-0.4, -0.2) is 12.1 Å². The lowest BCUT2D eigenvalue weighted by Gasteiger charge is -2.29. The highest BCUT2D eigenvalue weighted by Crippen LogP contribution is 2.17. The molecule has 1 heteroatoms. The third-order valence-electron chi connectivity index (χ3n) is 2.80. The largest absolute Gasteiger partial charge is 0.312 e. The molecule has 1 N–H and O–H groups in total. The molecule has 0 unspecified atom stereocenters. The van der Waals surface area contributed by atoms with Gasteiger partial charge in [-0.1, -0.05) is 20.3 Å². The summed E-state index contributed by atoms with van der Waals surface area (Å²) in [4.78, 5) is 0. The Bertz CT molecular complexity index is 120. The monoisotopic (exact) mass is 169 g/mol. The predicted octanol–water partition coefficient (Wildman–Crippen LogP) is 2.95. The molecule has 0 radical (unpaired) electrons. The molecular formula is C11H23N. The lowest BCUT2D eigenvalue weighted by molar-refractivity contribution is 0.307. The van der Waals surface area contributed by atoms with E-state index in [1.165, 1.54) is 32.1 Å². The van der Waals surface area contributed by atoms with Gasteiger partial charge in [0.2, 0.25) is 0 Å². The van der Waals surface area contributed by atoms with Gasteiger partial charge in [0.25, 0.3) is 0 Å². The summed E-state index contributed by atoms with van der Waals surface area (Å²) in [5.74, 6) is 0.865. The Morgan fingerprint density at radius 3 is 2.67 bits per heavy atom. The summed E-state index contributed by atoms with van der Waals surface area (Å²) in [5.41, 5.74) is 0. The van der Waals surface area contributed by atoms with Crippen LogP contribution in [0.25, 0.3) is 0 Å². The first-order valence-electron chi connectivity index (χ1n) is 5.44. The Morgan fingerprint density at radius 1 is 1.33 bits per heavy atom. The number of hydrogen-bond acceptors (Lipinski definition) is 1. The average Bonchev–Trinajstić information content (AvgIpc) is 2.01. The van der Waals surface area contributed by atoms with Gasteiger partial charge in [0, 0.05) is 12.1 Å². The van der Waals surface area contributed by atoms with Crippen molar-refractivity contribution in [3.05, 3.63) is 0 Å². The van der Waals surface area contributed by atoms with E-state index in [0.717, 1.165) is 18.0 Å². The third kappa shape index (κ3) is 3.57. The Kier molecular flexibility index (Phi) is 4.07. The van der Waals surface area contributed by atoms with Crippen LogP contribution in [0.5, 0.6) is 0 Å². The van der Waals surface area contributed by atoms with Gasteiger partial charge >= 0.3 is 0 Å². The third-order valence-corrected chi connectivity index (χ3v) is 2.80. The summed E-state index contributed by atoms with van der Waals surface area (Å²) in [7, 11) is 0. The van der Waals surface area contributed by atoms with E-state index in [1.54, 1.807) is 0 Å². The minimum Gasteiger partial charge on any atom is -0.312 e. The van der Waals surface area contributed by atoms with Crippen molar-refractivity contribution < 1.29 is 0 Å². The van der Waals surface area contributed by atoms with Crippen LogP contribution in [0, 0.1) is 5.92 Å². The molecule has 1 rings (SSSR count). The number of hydrogen-bond donors (Lipinski definition) is 1. The Labute approximate surface area is 76.9 Å². The second-order valence-electron chi connectivity index (χ2n) is 4.67. The summed E-state index contributed by atoms with van der Waals surface area (Å²) >= 11 is 0. The van der Waals surface area contributed by atoms with Crippen molar-refractivity contribution in [1.29, 1.82) is 0 Å². The highest BCUT2D eigenvalue weighted by molar-refractivity contribution is 4.77. The number of piperidine rings is 1. The van der Waals surface area contributed by atoms with E-state index >= 15 is 0 Å². The summed E-state index contributed by atoms with van der Waals surface area (Å²) < 4.78 is 0. The zero-order chi connectivity index (χ0) is 8.97. The van der Waals surface area contributed by atoms with Crippen LogP contribution in [0.3, 0.4) is 0 Å². The minimum absolute atomic E-state index is 0.760. The standard InChI is InChI=1S/C11H23N/c1-9(2)7-8-11-6-4-5-10(3)12-11/h9-12H,4-8H2,1-3H3/t10-,11+/m0/s1. The van der Waals surface area contributed by atoms with Crippen molar-refractivity contribution >= 4 is 0 Å². The van der Waals surface area contributed by atoms with E-state index in [1.807, 2.05) is 0 Å². The average molecular weight is 169 g/mol. The fourth-order valence-corrected chi connectivity index (χ4v) is 2.00. The Hall–Kier alpha value is -0.0400. The molecule has 1 heterocycles. The molecule has 12 heavy (non-hydrogen) atoms. The molecule has 1 saturated heterocycles. The number of nitrogens with one attached hydrogen (secondary N) is 1. The lowest BCUT2D eigenvalue weighted by Crippen LogP contribution is -2.40. The van der Waals surface area contributed by atoms with E-state index in [9.17, 15) is 0 Å². The highest BCUT2D eigenvalue weighted by atomic mass is 15.0. The van der Waals surface area contributed by atoms with Crippen LogP contribution >= 0.6 is 0 Å². The van der Waals surface area contributed by atoms with Gasteiger partial charge in [0.1, 0.15) is 0 Å². The smallest absolute Gasteiger partial charge is 0.00696 e. The van der Waals surface area contributed by atoms with Crippen molar-refractivity contribution in [3.8, 4) is 0 Å². The van der Waals surface area contributed by atoms with E-state index in [0.29, 0.717) is 0 Å². The first kappa shape index (κ1) is 10.0. The van der Waals surface area contributed by atoms with Gasteiger partial charge in [-0.05, 0) is 38.5 Å². The molecule has 0 aliphatic carbocycles. The molecule has 2 atom stereocenters. The van der Waals surface area contributed by atoms with Crippen molar-refractivity contribution in [2.45, 2.75) is 65.0 Å². The molecule has 0 bridgehead atoms. The maximum absolute atomic E-state index is 3.67. The van der Waals surface area contributed by atoms with Crippen LogP contribution in [0.15, 0.2) is 0 Å². The van der Waals surface area contributed by atoms with Crippen molar-refractivity contribution in [2.75, 3.05) is 0 Å². The molecule has 1 aliphatic heterocycles. The van der Waals surface area contributed by atoms with Gasteiger partial charge in [0.15, 0.2) is 0 Å². The summed E-state index contributed by atoms with van der Waals surface area (Å²) in [6.07, 6.45) is 6.96. The van der Waals surface area contributed by atoms with E-state index in [-0.39, 0.29) is 0 Å². The molecule has 0 aromatic rings. The van der Waals surface area contributed by atoms with Crippen molar-refractivity contribution in [1.82, 2.24) is 5.32 Å². The first-order valence-corrected chi connectivity index (χ1v) is 5.44. The second-order valence-corrected chi connectivity index (χ2v) is 4.67. The van der Waals surface area contributed by atoms with E-state index < -0.39 is 0 Å².